The summed E-state index contributed by atoms with van der Waals surface area (Å²) < 4.78 is 9.68. The van der Waals surface area contributed by atoms with Crippen molar-refractivity contribution in [1.82, 2.24) is 9.80 Å². The highest BCUT2D eigenvalue weighted by Gasteiger charge is 2.25. The Morgan fingerprint density at radius 3 is 2.12 bits per heavy atom. The van der Waals surface area contributed by atoms with Gasteiger partial charge in [-0.2, -0.15) is 0 Å². The van der Waals surface area contributed by atoms with Crippen LogP contribution in [0.25, 0.3) is 0 Å². The molecule has 26 heavy (non-hydrogen) atoms. The van der Waals surface area contributed by atoms with Gasteiger partial charge in [0.25, 0.3) is 5.91 Å². The van der Waals surface area contributed by atoms with Crippen molar-refractivity contribution in [1.29, 1.82) is 0 Å². The zero-order valence-electron chi connectivity index (χ0n) is 15.6. The molecular weight excluding hydrogens is 336 g/mol. The highest BCUT2D eigenvalue weighted by atomic mass is 16.7. The second-order valence-corrected chi connectivity index (χ2v) is 6.58. The number of amides is 2. The average Bonchev–Trinajstić information content (AvgIpc) is 2.61. The van der Waals surface area contributed by atoms with E-state index in [-0.39, 0.29) is 18.4 Å². The Morgan fingerprint density at radius 2 is 1.58 bits per heavy atom. The molecule has 1 heterocycles. The summed E-state index contributed by atoms with van der Waals surface area (Å²) in [5.74, 6) is 0.706. The molecule has 1 aromatic carbocycles. The van der Waals surface area contributed by atoms with Crippen LogP contribution in [0.4, 0.5) is 4.79 Å². The van der Waals surface area contributed by atoms with Gasteiger partial charge in [-0.15, -0.1) is 0 Å². The summed E-state index contributed by atoms with van der Waals surface area (Å²) in [6, 6.07) is 6.36. The van der Waals surface area contributed by atoms with Crippen molar-refractivity contribution >= 4 is 18.0 Å². The van der Waals surface area contributed by atoms with Crippen LogP contribution in [-0.4, -0.2) is 60.6 Å². The van der Waals surface area contributed by atoms with Crippen molar-refractivity contribution in [2.24, 2.45) is 5.92 Å². The Labute approximate surface area is 153 Å². The van der Waals surface area contributed by atoms with Crippen LogP contribution in [-0.2, 0) is 9.53 Å². The number of piperazine rings is 1. The lowest BCUT2D eigenvalue weighted by atomic mass is 10.1. The Bertz CT molecular complexity index is 634. The van der Waals surface area contributed by atoms with Crippen LogP contribution >= 0.6 is 0 Å². The van der Waals surface area contributed by atoms with Gasteiger partial charge in [-0.25, -0.2) is 4.79 Å². The molecule has 0 aromatic heterocycles. The number of carbonyl (C=O) groups excluding carboxylic acids is 3. The fourth-order valence-electron chi connectivity index (χ4n) is 2.73. The first-order chi connectivity index (χ1) is 12.4. The molecule has 0 aliphatic carbocycles. The van der Waals surface area contributed by atoms with E-state index in [1.54, 1.807) is 36.1 Å². The maximum atomic E-state index is 12.6. The normalized spacial score (nSPS) is 14.3. The van der Waals surface area contributed by atoms with E-state index in [0.717, 1.165) is 0 Å². The van der Waals surface area contributed by atoms with Crippen LogP contribution in [0, 0.1) is 5.92 Å². The summed E-state index contributed by atoms with van der Waals surface area (Å²) >= 11 is 0. The Morgan fingerprint density at radius 1 is 1.00 bits per heavy atom. The van der Waals surface area contributed by atoms with Gasteiger partial charge >= 0.3 is 6.16 Å². The predicted molar refractivity (Wildman–Crippen MR) is 96.0 cm³/mol. The molecule has 7 nitrogen and oxygen atoms in total. The molecule has 0 spiro atoms. The molecule has 1 aromatic rings. The lowest BCUT2D eigenvalue weighted by molar-refractivity contribution is -0.133. The van der Waals surface area contributed by atoms with E-state index < -0.39 is 6.16 Å². The molecule has 0 radical (unpaired) electrons. The monoisotopic (exact) mass is 362 g/mol. The van der Waals surface area contributed by atoms with E-state index >= 15 is 0 Å². The first kappa shape index (κ1) is 19.8. The van der Waals surface area contributed by atoms with E-state index in [2.05, 4.69) is 0 Å². The summed E-state index contributed by atoms with van der Waals surface area (Å²) in [5.41, 5.74) is 0.517. The van der Waals surface area contributed by atoms with Crippen LogP contribution < -0.4 is 4.74 Å². The number of ether oxygens (including phenoxy) is 2. The van der Waals surface area contributed by atoms with Crippen LogP contribution in [0.15, 0.2) is 24.3 Å². The van der Waals surface area contributed by atoms with E-state index in [1.165, 1.54) is 0 Å². The van der Waals surface area contributed by atoms with E-state index in [0.29, 0.717) is 49.8 Å². The lowest BCUT2D eigenvalue weighted by Gasteiger charge is -2.35. The van der Waals surface area contributed by atoms with E-state index in [1.807, 2.05) is 18.7 Å². The summed E-state index contributed by atoms with van der Waals surface area (Å²) in [6.07, 6.45) is -0.232. The summed E-state index contributed by atoms with van der Waals surface area (Å²) in [6.45, 7) is 8.12. The molecule has 142 valence electrons. The topological polar surface area (TPSA) is 76.2 Å². The van der Waals surface area contributed by atoms with Gasteiger partial charge < -0.3 is 19.3 Å². The van der Waals surface area contributed by atoms with Crippen molar-refractivity contribution in [3.05, 3.63) is 29.8 Å². The molecule has 0 saturated carbocycles. The minimum atomic E-state index is -0.770. The van der Waals surface area contributed by atoms with Crippen molar-refractivity contribution in [2.75, 3.05) is 32.8 Å². The van der Waals surface area contributed by atoms with Gasteiger partial charge in [0.15, 0.2) is 0 Å². The molecule has 0 N–H and O–H groups in total. The molecular formula is C19H26N2O5. The Kier molecular flexibility index (Phi) is 7.00. The Hall–Kier alpha value is -2.57. The number of hydrogen-bond acceptors (Lipinski definition) is 5. The van der Waals surface area contributed by atoms with Gasteiger partial charge in [-0.1, -0.05) is 13.8 Å². The number of hydrogen-bond donors (Lipinski definition) is 0. The third-order valence-electron chi connectivity index (χ3n) is 4.07. The smallest absolute Gasteiger partial charge is 0.434 e. The fraction of sp³-hybridized carbons (Fsp3) is 0.526. The molecule has 2 amide bonds. The SMILES string of the molecule is CCOC(=O)Oc1ccc(C(=O)N2CCN(C(=O)CC(C)C)CC2)cc1. The molecule has 0 bridgehead atoms. The predicted octanol–water partition coefficient (Wildman–Crippen LogP) is 2.55. The first-order valence-corrected chi connectivity index (χ1v) is 8.92. The third-order valence-corrected chi connectivity index (χ3v) is 4.07. The van der Waals surface area contributed by atoms with E-state index in [4.69, 9.17) is 9.47 Å². The van der Waals surface area contributed by atoms with Crippen molar-refractivity contribution in [2.45, 2.75) is 27.2 Å². The van der Waals surface area contributed by atoms with Crippen LogP contribution in [0.1, 0.15) is 37.6 Å². The molecule has 0 atom stereocenters. The number of carbonyl (C=O) groups is 3. The highest BCUT2D eigenvalue weighted by Crippen LogP contribution is 2.16. The number of rotatable bonds is 5. The molecule has 1 aliphatic rings. The Balaban J connectivity index is 1.88. The standard InChI is InChI=1S/C19H26N2O5/c1-4-25-19(24)26-16-7-5-15(6-8-16)18(23)21-11-9-20(10-12-21)17(22)13-14(2)3/h5-8,14H,4,9-13H2,1-3H3. The van der Waals surface area contributed by atoms with Gasteiger partial charge in [0.1, 0.15) is 5.75 Å². The van der Waals surface area contributed by atoms with E-state index in [9.17, 15) is 14.4 Å². The summed E-state index contributed by atoms with van der Waals surface area (Å²) in [4.78, 5) is 39.5. The van der Waals surface area contributed by atoms with Crippen molar-refractivity contribution < 1.29 is 23.9 Å². The second-order valence-electron chi connectivity index (χ2n) is 6.58. The lowest BCUT2D eigenvalue weighted by Crippen LogP contribution is -2.50. The molecule has 2 rings (SSSR count). The minimum Gasteiger partial charge on any atom is -0.434 e. The van der Waals surface area contributed by atoms with Crippen LogP contribution in [0.2, 0.25) is 0 Å². The number of benzene rings is 1. The maximum Gasteiger partial charge on any atom is 0.513 e. The third kappa shape index (κ3) is 5.47. The average molecular weight is 362 g/mol. The van der Waals surface area contributed by atoms with Crippen LogP contribution in [0.3, 0.4) is 0 Å². The molecule has 1 fully saturated rings. The van der Waals surface area contributed by atoms with Gasteiger partial charge in [0.2, 0.25) is 5.91 Å². The first-order valence-electron chi connectivity index (χ1n) is 8.92. The zero-order valence-corrected chi connectivity index (χ0v) is 15.6. The maximum absolute atomic E-state index is 12.6. The molecule has 1 saturated heterocycles. The van der Waals surface area contributed by atoms with Gasteiger partial charge in [-0.05, 0) is 37.1 Å². The van der Waals surface area contributed by atoms with Gasteiger partial charge in [-0.3, -0.25) is 9.59 Å². The molecule has 7 heteroatoms. The summed E-state index contributed by atoms with van der Waals surface area (Å²) in [5, 5.41) is 0. The van der Waals surface area contributed by atoms with Gasteiger partial charge in [0, 0.05) is 38.2 Å². The highest BCUT2D eigenvalue weighted by molar-refractivity contribution is 5.94. The van der Waals surface area contributed by atoms with Crippen molar-refractivity contribution in [3.63, 3.8) is 0 Å². The van der Waals surface area contributed by atoms with Gasteiger partial charge in [0.05, 0.1) is 6.61 Å². The summed E-state index contributed by atoms with van der Waals surface area (Å²) in [7, 11) is 0. The molecule has 0 unspecified atom stereocenters. The van der Waals surface area contributed by atoms with Crippen molar-refractivity contribution in [3.8, 4) is 5.75 Å². The largest absolute Gasteiger partial charge is 0.513 e. The zero-order chi connectivity index (χ0) is 19.1. The van der Waals surface area contributed by atoms with Crippen LogP contribution in [0.5, 0.6) is 5.75 Å². The second kappa shape index (κ2) is 9.22. The quantitative estimate of drug-likeness (QED) is 0.594. The fourth-order valence-corrected chi connectivity index (χ4v) is 2.73. The molecule has 1 aliphatic heterocycles. The number of nitrogens with zero attached hydrogens (tertiary/aromatic N) is 2. The minimum absolute atomic E-state index is 0.0938.